The van der Waals surface area contributed by atoms with Gasteiger partial charge in [0.2, 0.25) is 0 Å². The molecule has 0 aromatic heterocycles. The molecule has 0 heterocycles. The minimum atomic E-state index is -0.821. The van der Waals surface area contributed by atoms with Gasteiger partial charge >= 0.3 is 12.0 Å². The summed E-state index contributed by atoms with van der Waals surface area (Å²) < 4.78 is 0. The van der Waals surface area contributed by atoms with Gasteiger partial charge in [-0.2, -0.15) is 11.8 Å². The normalized spacial score (nSPS) is 12.3. The summed E-state index contributed by atoms with van der Waals surface area (Å²) in [5, 5.41) is 12.0. The van der Waals surface area contributed by atoms with Crippen molar-refractivity contribution in [2.24, 2.45) is 0 Å². The highest BCUT2D eigenvalue weighted by molar-refractivity contribution is 7.99. The van der Waals surface area contributed by atoms with Crippen LogP contribution in [0.4, 0.5) is 4.79 Å². The van der Waals surface area contributed by atoms with E-state index in [0.717, 1.165) is 6.42 Å². The van der Waals surface area contributed by atoms with E-state index in [2.05, 4.69) is 18.5 Å². The Morgan fingerprint density at radius 2 is 1.95 bits per heavy atom. The topological polar surface area (TPSA) is 69.6 Å². The Hall–Kier alpha value is -0.910. The number of urea groups is 1. The lowest BCUT2D eigenvalue weighted by Crippen LogP contribution is -2.45. The Balaban J connectivity index is 4.07. The molecule has 1 atom stereocenters. The molecule has 0 spiro atoms. The van der Waals surface area contributed by atoms with Crippen molar-refractivity contribution >= 4 is 23.8 Å². The Labute approximate surface area is 120 Å². The maximum atomic E-state index is 12.0. The predicted molar refractivity (Wildman–Crippen MR) is 79.7 cm³/mol. The van der Waals surface area contributed by atoms with E-state index in [4.69, 9.17) is 5.11 Å². The number of carboxylic acids is 1. The van der Waals surface area contributed by atoms with Crippen LogP contribution >= 0.6 is 11.8 Å². The first-order valence-electron chi connectivity index (χ1n) is 6.67. The molecule has 1 unspecified atom stereocenters. The molecule has 0 aliphatic heterocycles. The van der Waals surface area contributed by atoms with Crippen LogP contribution in [0.2, 0.25) is 0 Å². The van der Waals surface area contributed by atoms with Crippen LogP contribution in [-0.4, -0.2) is 52.6 Å². The van der Waals surface area contributed by atoms with E-state index in [-0.39, 0.29) is 18.5 Å². The van der Waals surface area contributed by atoms with Crippen LogP contribution in [0.5, 0.6) is 0 Å². The molecule has 0 aromatic carbocycles. The monoisotopic (exact) mass is 290 g/mol. The summed E-state index contributed by atoms with van der Waals surface area (Å²) >= 11 is 1.78. The van der Waals surface area contributed by atoms with Crippen LogP contribution in [0.3, 0.4) is 0 Å². The average Bonchev–Trinajstić information content (AvgIpc) is 2.33. The second kappa shape index (κ2) is 9.95. The highest BCUT2D eigenvalue weighted by Gasteiger charge is 2.16. The number of thioether (sulfide) groups is 1. The van der Waals surface area contributed by atoms with E-state index in [9.17, 15) is 9.59 Å². The van der Waals surface area contributed by atoms with E-state index in [1.807, 2.05) is 13.8 Å². The molecule has 0 aliphatic rings. The van der Waals surface area contributed by atoms with Crippen LogP contribution < -0.4 is 5.32 Å². The summed E-state index contributed by atoms with van der Waals surface area (Å²) in [4.78, 5) is 24.2. The third-order valence-corrected chi connectivity index (χ3v) is 3.94. The second-order valence-electron chi connectivity index (χ2n) is 4.85. The van der Waals surface area contributed by atoms with E-state index >= 15 is 0 Å². The number of carbonyl (C=O) groups is 2. The molecule has 19 heavy (non-hydrogen) atoms. The molecule has 5 nitrogen and oxygen atoms in total. The van der Waals surface area contributed by atoms with Crippen molar-refractivity contribution < 1.29 is 14.7 Å². The lowest BCUT2D eigenvalue weighted by Gasteiger charge is -2.27. The van der Waals surface area contributed by atoms with Gasteiger partial charge in [0.25, 0.3) is 0 Å². The Kier molecular flexibility index (Phi) is 9.47. The van der Waals surface area contributed by atoms with Gasteiger partial charge in [0.05, 0.1) is 0 Å². The standard InChI is InChI=1S/C13H26N2O3S/c1-10(2)15(9-5-6-12(16)17)13(18)14-8-7-11(3)19-4/h10-11H,5-9H2,1-4H3,(H,14,18)(H,16,17). The first kappa shape index (κ1) is 18.1. The van der Waals surface area contributed by atoms with E-state index in [1.165, 1.54) is 0 Å². The fourth-order valence-corrected chi connectivity index (χ4v) is 1.95. The molecule has 0 rings (SSSR count). The van der Waals surface area contributed by atoms with Crippen LogP contribution in [0.1, 0.15) is 40.0 Å². The largest absolute Gasteiger partial charge is 0.481 e. The van der Waals surface area contributed by atoms with Crippen LogP contribution in [-0.2, 0) is 4.79 Å². The third-order valence-electron chi connectivity index (χ3n) is 2.90. The number of hydrogen-bond donors (Lipinski definition) is 2. The molecule has 0 aliphatic carbocycles. The molecule has 2 amide bonds. The Morgan fingerprint density at radius 3 is 2.42 bits per heavy atom. The summed E-state index contributed by atoms with van der Waals surface area (Å²) in [5.41, 5.74) is 0. The highest BCUT2D eigenvalue weighted by Crippen LogP contribution is 2.08. The van der Waals surface area contributed by atoms with Gasteiger partial charge in [-0.3, -0.25) is 4.79 Å². The maximum absolute atomic E-state index is 12.0. The van der Waals surface area contributed by atoms with E-state index in [0.29, 0.717) is 24.8 Å². The highest BCUT2D eigenvalue weighted by atomic mass is 32.2. The number of aliphatic carboxylic acids is 1. The number of nitrogens with one attached hydrogen (secondary N) is 1. The number of carbonyl (C=O) groups excluding carboxylic acids is 1. The molecule has 6 heteroatoms. The van der Waals surface area contributed by atoms with Crippen molar-refractivity contribution in [3.8, 4) is 0 Å². The number of nitrogens with zero attached hydrogens (tertiary/aromatic N) is 1. The van der Waals surface area contributed by atoms with Gasteiger partial charge in [0.1, 0.15) is 0 Å². The molecule has 0 radical (unpaired) electrons. The lowest BCUT2D eigenvalue weighted by molar-refractivity contribution is -0.137. The fraction of sp³-hybridized carbons (Fsp3) is 0.846. The van der Waals surface area contributed by atoms with Gasteiger partial charge in [-0.05, 0) is 32.9 Å². The SMILES string of the molecule is CSC(C)CCNC(=O)N(CCCC(=O)O)C(C)C. The quantitative estimate of drug-likeness (QED) is 0.684. The smallest absolute Gasteiger partial charge is 0.317 e. The zero-order valence-electron chi connectivity index (χ0n) is 12.3. The van der Waals surface area contributed by atoms with Crippen molar-refractivity contribution in [2.75, 3.05) is 19.3 Å². The maximum Gasteiger partial charge on any atom is 0.317 e. The fourth-order valence-electron chi connectivity index (χ4n) is 1.60. The van der Waals surface area contributed by atoms with Crippen LogP contribution in [0.15, 0.2) is 0 Å². The van der Waals surface area contributed by atoms with Gasteiger partial charge in [-0.15, -0.1) is 0 Å². The van der Waals surface area contributed by atoms with Crippen molar-refractivity contribution in [3.05, 3.63) is 0 Å². The zero-order chi connectivity index (χ0) is 14.8. The summed E-state index contributed by atoms with van der Waals surface area (Å²) in [6, 6.07) is -0.0274. The number of amides is 2. The van der Waals surface area contributed by atoms with Gasteiger partial charge in [0.15, 0.2) is 0 Å². The summed E-state index contributed by atoms with van der Waals surface area (Å²) in [5.74, 6) is -0.821. The molecular formula is C13H26N2O3S. The molecule has 0 saturated carbocycles. The summed E-state index contributed by atoms with van der Waals surface area (Å²) in [6.45, 7) is 7.14. The molecule has 112 valence electrons. The minimum absolute atomic E-state index is 0.0757. The lowest BCUT2D eigenvalue weighted by atomic mass is 10.2. The number of carboxylic acid groups (broad SMARTS) is 1. The van der Waals surface area contributed by atoms with Crippen LogP contribution in [0, 0.1) is 0 Å². The summed E-state index contributed by atoms with van der Waals surface area (Å²) in [7, 11) is 0. The minimum Gasteiger partial charge on any atom is -0.481 e. The van der Waals surface area contributed by atoms with Gasteiger partial charge < -0.3 is 15.3 Å². The third kappa shape index (κ3) is 8.75. The van der Waals surface area contributed by atoms with Crippen molar-refractivity contribution in [1.29, 1.82) is 0 Å². The number of hydrogen-bond acceptors (Lipinski definition) is 3. The molecule has 0 bridgehead atoms. The first-order valence-corrected chi connectivity index (χ1v) is 7.96. The van der Waals surface area contributed by atoms with Gasteiger partial charge in [0, 0.05) is 30.8 Å². The molecule has 0 aromatic rings. The van der Waals surface area contributed by atoms with Crippen molar-refractivity contribution in [3.63, 3.8) is 0 Å². The number of rotatable bonds is 9. The Morgan fingerprint density at radius 1 is 1.32 bits per heavy atom. The van der Waals surface area contributed by atoms with Gasteiger partial charge in [-0.25, -0.2) is 4.79 Å². The predicted octanol–water partition coefficient (Wildman–Crippen LogP) is 2.41. The van der Waals surface area contributed by atoms with E-state index < -0.39 is 5.97 Å². The molecule has 2 N–H and O–H groups in total. The van der Waals surface area contributed by atoms with Crippen LogP contribution in [0.25, 0.3) is 0 Å². The van der Waals surface area contributed by atoms with Crippen molar-refractivity contribution in [2.45, 2.75) is 51.3 Å². The van der Waals surface area contributed by atoms with Crippen molar-refractivity contribution in [1.82, 2.24) is 10.2 Å². The molecule has 0 saturated heterocycles. The summed E-state index contributed by atoms with van der Waals surface area (Å²) in [6.07, 6.45) is 3.58. The van der Waals surface area contributed by atoms with Gasteiger partial charge in [-0.1, -0.05) is 6.92 Å². The first-order chi connectivity index (χ1) is 8.88. The second-order valence-corrected chi connectivity index (χ2v) is 6.13. The molecular weight excluding hydrogens is 264 g/mol. The van der Waals surface area contributed by atoms with E-state index in [1.54, 1.807) is 16.7 Å². The Bertz CT molecular complexity index is 285. The average molecular weight is 290 g/mol. The molecule has 0 fully saturated rings. The zero-order valence-corrected chi connectivity index (χ0v) is 13.1.